The summed E-state index contributed by atoms with van der Waals surface area (Å²) in [5.41, 5.74) is 5.97. The molecule has 0 aliphatic carbocycles. The van der Waals surface area contributed by atoms with Crippen LogP contribution >= 0.6 is 35.6 Å². The van der Waals surface area contributed by atoms with E-state index in [2.05, 4.69) is 21.5 Å². The largest absolute Gasteiger partial charge is 0.370 e. The molecule has 6 nitrogen and oxygen atoms in total. The highest BCUT2D eigenvalue weighted by atomic mass is 127. The molecule has 0 amide bonds. The molecule has 1 heterocycles. The fourth-order valence-electron chi connectivity index (χ4n) is 2.57. The Balaban J connectivity index is 0.00000288. The number of rotatable bonds is 5. The Bertz CT molecular complexity index is 669. The monoisotopic (exact) mass is 486 g/mol. The molecule has 1 aromatic carbocycles. The fourth-order valence-corrected chi connectivity index (χ4v) is 3.89. The van der Waals surface area contributed by atoms with Gasteiger partial charge in [-0.3, -0.25) is 4.99 Å². The molecule has 0 spiro atoms. The SMILES string of the molecule is CC1CCCN(C(N)=NCCNS(=O)(=O)c2cccc(Cl)c2)C1.I. The number of halogens is 2. The molecule has 1 fully saturated rings. The predicted octanol–water partition coefficient (Wildman–Crippen LogP) is 2.28. The standard InChI is InChI=1S/C15H23ClN4O2S.HI/c1-12-4-3-9-20(11-12)15(17)18-7-8-19-23(21,22)14-6-2-5-13(16)10-14;/h2,5-6,10,12,19H,3-4,7-9,11H2,1H3,(H2,17,18);1H. The summed E-state index contributed by atoms with van der Waals surface area (Å²) in [6.07, 6.45) is 2.32. The van der Waals surface area contributed by atoms with E-state index in [4.69, 9.17) is 17.3 Å². The summed E-state index contributed by atoms with van der Waals surface area (Å²) in [6, 6.07) is 6.15. The number of likely N-dealkylation sites (tertiary alicyclic amines) is 1. The highest BCUT2D eigenvalue weighted by Gasteiger charge is 2.17. The molecule has 1 aromatic rings. The Morgan fingerprint density at radius 1 is 1.50 bits per heavy atom. The van der Waals surface area contributed by atoms with E-state index in [0.717, 1.165) is 19.5 Å². The van der Waals surface area contributed by atoms with E-state index in [1.54, 1.807) is 12.1 Å². The van der Waals surface area contributed by atoms with Crippen LogP contribution in [0.3, 0.4) is 0 Å². The molecule has 1 aliphatic heterocycles. The zero-order valence-corrected chi connectivity index (χ0v) is 17.5. The van der Waals surface area contributed by atoms with Gasteiger partial charge in [-0.15, -0.1) is 24.0 Å². The maximum atomic E-state index is 12.1. The van der Waals surface area contributed by atoms with Gasteiger partial charge < -0.3 is 10.6 Å². The molecule has 9 heteroatoms. The summed E-state index contributed by atoms with van der Waals surface area (Å²) in [5, 5.41) is 0.384. The molecule has 1 saturated heterocycles. The fraction of sp³-hybridized carbons (Fsp3) is 0.533. The molecule has 0 radical (unpaired) electrons. The molecule has 0 bridgehead atoms. The number of nitrogens with two attached hydrogens (primary N) is 1. The van der Waals surface area contributed by atoms with E-state index in [1.807, 2.05) is 0 Å². The minimum absolute atomic E-state index is 0. The smallest absolute Gasteiger partial charge is 0.240 e. The molecule has 0 saturated carbocycles. The Morgan fingerprint density at radius 3 is 2.92 bits per heavy atom. The number of nitrogens with one attached hydrogen (secondary N) is 1. The van der Waals surface area contributed by atoms with Crippen LogP contribution in [0.2, 0.25) is 5.02 Å². The Kier molecular flexibility index (Phi) is 8.75. The third-order valence-corrected chi connectivity index (χ3v) is 5.46. The Labute approximate surface area is 165 Å². The molecule has 24 heavy (non-hydrogen) atoms. The minimum atomic E-state index is -3.57. The average Bonchev–Trinajstić information content (AvgIpc) is 2.51. The minimum Gasteiger partial charge on any atom is -0.370 e. The second kappa shape index (κ2) is 9.79. The zero-order chi connectivity index (χ0) is 16.9. The first kappa shape index (κ1) is 21.5. The third-order valence-electron chi connectivity index (χ3n) is 3.77. The van der Waals surface area contributed by atoms with E-state index in [0.29, 0.717) is 23.4 Å². The van der Waals surface area contributed by atoms with Crippen LogP contribution in [0.15, 0.2) is 34.2 Å². The van der Waals surface area contributed by atoms with Crippen molar-refractivity contribution in [1.82, 2.24) is 9.62 Å². The molecule has 1 aliphatic rings. The number of guanidine groups is 1. The molecule has 136 valence electrons. The van der Waals surface area contributed by atoms with Crippen molar-refractivity contribution in [3.05, 3.63) is 29.3 Å². The molecule has 3 N–H and O–H groups in total. The van der Waals surface area contributed by atoms with Crippen LogP contribution in [-0.2, 0) is 10.0 Å². The number of hydrogen-bond donors (Lipinski definition) is 2. The van der Waals surface area contributed by atoms with Crippen LogP contribution in [-0.4, -0.2) is 45.5 Å². The first-order chi connectivity index (χ1) is 10.9. The van der Waals surface area contributed by atoms with Gasteiger partial charge in [0.05, 0.1) is 11.4 Å². The number of nitrogens with zero attached hydrogens (tertiary/aromatic N) is 2. The third kappa shape index (κ3) is 6.38. The lowest BCUT2D eigenvalue weighted by atomic mass is 10.0. The second-order valence-electron chi connectivity index (χ2n) is 5.79. The van der Waals surface area contributed by atoms with Gasteiger partial charge in [0.15, 0.2) is 5.96 Å². The van der Waals surface area contributed by atoms with Gasteiger partial charge in [-0.1, -0.05) is 24.6 Å². The lowest BCUT2D eigenvalue weighted by Gasteiger charge is -2.31. The number of benzene rings is 1. The average molecular weight is 487 g/mol. The molecule has 2 rings (SSSR count). The highest BCUT2D eigenvalue weighted by molar-refractivity contribution is 14.0. The Hall–Kier alpha value is -0.580. The van der Waals surface area contributed by atoms with Crippen molar-refractivity contribution in [1.29, 1.82) is 0 Å². The molecule has 1 atom stereocenters. The van der Waals surface area contributed by atoms with Crippen LogP contribution in [0.5, 0.6) is 0 Å². The number of aliphatic imine (C=N–C) groups is 1. The number of piperidine rings is 1. The van der Waals surface area contributed by atoms with Gasteiger partial charge in [0, 0.05) is 24.7 Å². The molecular weight excluding hydrogens is 463 g/mol. The van der Waals surface area contributed by atoms with Crippen molar-refractivity contribution in [2.45, 2.75) is 24.7 Å². The van der Waals surface area contributed by atoms with E-state index in [1.165, 1.54) is 18.6 Å². The zero-order valence-electron chi connectivity index (χ0n) is 13.6. The van der Waals surface area contributed by atoms with Crippen LogP contribution in [0, 0.1) is 5.92 Å². The normalized spacial score (nSPS) is 19.0. The van der Waals surface area contributed by atoms with Gasteiger partial charge in [0.2, 0.25) is 10.0 Å². The second-order valence-corrected chi connectivity index (χ2v) is 7.99. The summed E-state index contributed by atoms with van der Waals surface area (Å²) in [6.45, 7) is 4.51. The van der Waals surface area contributed by atoms with Crippen LogP contribution in [0.4, 0.5) is 0 Å². The topological polar surface area (TPSA) is 87.8 Å². The molecule has 1 unspecified atom stereocenters. The van der Waals surface area contributed by atoms with Gasteiger partial charge in [-0.2, -0.15) is 0 Å². The first-order valence-corrected chi connectivity index (χ1v) is 9.55. The number of sulfonamides is 1. The number of hydrogen-bond acceptors (Lipinski definition) is 3. The van der Waals surface area contributed by atoms with Gasteiger partial charge >= 0.3 is 0 Å². The first-order valence-electron chi connectivity index (χ1n) is 7.68. The van der Waals surface area contributed by atoms with Crippen molar-refractivity contribution in [3.8, 4) is 0 Å². The van der Waals surface area contributed by atoms with Crippen molar-refractivity contribution in [3.63, 3.8) is 0 Å². The lowest BCUT2D eigenvalue weighted by molar-refractivity contribution is 0.270. The summed E-state index contributed by atoms with van der Waals surface area (Å²) in [5.74, 6) is 1.09. The van der Waals surface area contributed by atoms with Crippen molar-refractivity contribution in [2.24, 2.45) is 16.6 Å². The summed E-state index contributed by atoms with van der Waals surface area (Å²) in [7, 11) is -3.57. The van der Waals surface area contributed by atoms with E-state index in [9.17, 15) is 8.42 Å². The van der Waals surface area contributed by atoms with Crippen molar-refractivity contribution < 1.29 is 8.42 Å². The summed E-state index contributed by atoms with van der Waals surface area (Å²) in [4.78, 5) is 6.46. The van der Waals surface area contributed by atoms with Gasteiger partial charge in [-0.25, -0.2) is 13.1 Å². The van der Waals surface area contributed by atoms with Crippen LogP contribution < -0.4 is 10.5 Å². The quantitative estimate of drug-likeness (QED) is 0.289. The van der Waals surface area contributed by atoms with E-state index in [-0.39, 0.29) is 35.4 Å². The van der Waals surface area contributed by atoms with Crippen LogP contribution in [0.25, 0.3) is 0 Å². The van der Waals surface area contributed by atoms with E-state index < -0.39 is 10.0 Å². The van der Waals surface area contributed by atoms with Gasteiger partial charge in [0.1, 0.15) is 0 Å². The van der Waals surface area contributed by atoms with E-state index >= 15 is 0 Å². The Morgan fingerprint density at radius 2 is 2.25 bits per heavy atom. The lowest BCUT2D eigenvalue weighted by Crippen LogP contribution is -2.43. The van der Waals surface area contributed by atoms with Crippen molar-refractivity contribution >= 4 is 51.6 Å². The maximum absolute atomic E-state index is 12.1. The molecular formula is C15H24ClIN4O2S. The van der Waals surface area contributed by atoms with Gasteiger partial charge in [0.25, 0.3) is 0 Å². The summed E-state index contributed by atoms with van der Waals surface area (Å²) < 4.78 is 26.7. The highest BCUT2D eigenvalue weighted by Crippen LogP contribution is 2.15. The van der Waals surface area contributed by atoms with Crippen molar-refractivity contribution in [2.75, 3.05) is 26.2 Å². The van der Waals surface area contributed by atoms with Gasteiger partial charge in [-0.05, 0) is 37.0 Å². The predicted molar refractivity (Wildman–Crippen MR) is 109 cm³/mol. The summed E-state index contributed by atoms with van der Waals surface area (Å²) >= 11 is 5.82. The van der Waals surface area contributed by atoms with Crippen LogP contribution in [0.1, 0.15) is 19.8 Å². The molecule has 0 aromatic heterocycles. The maximum Gasteiger partial charge on any atom is 0.240 e.